The zero-order valence-corrected chi connectivity index (χ0v) is 10.4. The van der Waals surface area contributed by atoms with Crippen molar-refractivity contribution < 1.29 is 14.7 Å². The fourth-order valence-electron chi connectivity index (χ4n) is 2.33. The van der Waals surface area contributed by atoms with Crippen molar-refractivity contribution >= 4 is 23.6 Å². The topological polar surface area (TPSA) is 66.4 Å². The summed E-state index contributed by atoms with van der Waals surface area (Å²) in [6.45, 7) is 0. The lowest BCUT2D eigenvalue weighted by Crippen LogP contribution is -2.51. The number of thioether (sulfide) groups is 1. The number of carbonyl (C=O) groups excluding carboxylic acids is 1. The summed E-state index contributed by atoms with van der Waals surface area (Å²) in [7, 11) is 0. The summed E-state index contributed by atoms with van der Waals surface area (Å²) in [5.74, 6) is -0.469. The molecule has 0 spiro atoms. The van der Waals surface area contributed by atoms with Crippen molar-refractivity contribution in [2.24, 2.45) is 0 Å². The van der Waals surface area contributed by atoms with Crippen LogP contribution in [0.4, 0.5) is 0 Å². The van der Waals surface area contributed by atoms with Crippen molar-refractivity contribution in [2.75, 3.05) is 12.0 Å². The average Bonchev–Trinajstić information content (AvgIpc) is 2.17. The fourth-order valence-corrected chi connectivity index (χ4v) is 2.66. The van der Waals surface area contributed by atoms with E-state index >= 15 is 0 Å². The quantitative estimate of drug-likeness (QED) is 0.773. The Kier molecular flexibility index (Phi) is 5.12. The normalized spacial score (nSPS) is 19.1. The molecule has 4 nitrogen and oxygen atoms in total. The van der Waals surface area contributed by atoms with Crippen LogP contribution >= 0.6 is 11.8 Å². The van der Waals surface area contributed by atoms with Crippen molar-refractivity contribution in [3.05, 3.63) is 0 Å². The molecule has 0 aliphatic heterocycles. The summed E-state index contributed by atoms with van der Waals surface area (Å²) in [4.78, 5) is 22.4. The highest BCUT2D eigenvalue weighted by atomic mass is 32.2. The number of carboxylic acid groups (broad SMARTS) is 1. The molecule has 1 aliphatic carbocycles. The van der Waals surface area contributed by atoms with E-state index < -0.39 is 11.5 Å². The maximum absolute atomic E-state index is 11.6. The van der Waals surface area contributed by atoms with Crippen LogP contribution in [-0.2, 0) is 9.59 Å². The first-order valence-corrected chi connectivity index (χ1v) is 6.99. The van der Waals surface area contributed by atoms with Crippen LogP contribution in [0.1, 0.15) is 38.5 Å². The van der Waals surface area contributed by atoms with Gasteiger partial charge >= 0.3 is 5.97 Å². The van der Waals surface area contributed by atoms with E-state index in [0.717, 1.165) is 32.1 Å². The molecule has 0 aromatic carbocycles. The second-order valence-corrected chi connectivity index (χ2v) is 5.26. The zero-order chi connectivity index (χ0) is 12.0. The molecule has 2 N–H and O–H groups in total. The number of carboxylic acids is 1. The monoisotopic (exact) mass is 245 g/mol. The van der Waals surface area contributed by atoms with Gasteiger partial charge in [0.1, 0.15) is 0 Å². The van der Waals surface area contributed by atoms with Crippen molar-refractivity contribution in [3.8, 4) is 0 Å². The van der Waals surface area contributed by atoms with Gasteiger partial charge in [-0.05, 0) is 19.1 Å². The molecule has 1 saturated carbocycles. The summed E-state index contributed by atoms with van der Waals surface area (Å²) in [5.41, 5.74) is -0.489. The highest BCUT2D eigenvalue weighted by Gasteiger charge is 2.35. The van der Waals surface area contributed by atoms with E-state index in [1.165, 1.54) is 11.8 Å². The zero-order valence-electron chi connectivity index (χ0n) is 9.62. The van der Waals surface area contributed by atoms with Gasteiger partial charge in [-0.1, -0.05) is 19.3 Å². The minimum Gasteiger partial charge on any atom is -0.481 e. The minimum atomic E-state index is -0.827. The first kappa shape index (κ1) is 13.4. The molecule has 1 aliphatic rings. The maximum Gasteiger partial charge on any atom is 0.305 e. The van der Waals surface area contributed by atoms with E-state index in [1.807, 2.05) is 6.26 Å². The van der Waals surface area contributed by atoms with Gasteiger partial charge in [0.25, 0.3) is 0 Å². The molecular formula is C11H19NO3S. The van der Waals surface area contributed by atoms with Crippen LogP contribution in [0, 0.1) is 0 Å². The van der Waals surface area contributed by atoms with Crippen LogP contribution in [0.5, 0.6) is 0 Å². The second kappa shape index (κ2) is 6.13. The minimum absolute atomic E-state index is 0.0457. The van der Waals surface area contributed by atoms with Gasteiger partial charge in [-0.3, -0.25) is 9.59 Å². The van der Waals surface area contributed by atoms with Crippen LogP contribution in [0.15, 0.2) is 0 Å². The van der Waals surface area contributed by atoms with Gasteiger partial charge in [-0.25, -0.2) is 0 Å². The first-order valence-electron chi connectivity index (χ1n) is 5.60. The molecule has 0 aromatic heterocycles. The number of carbonyl (C=O) groups is 2. The summed E-state index contributed by atoms with van der Waals surface area (Å²) in [5, 5.41) is 11.8. The Bertz CT molecular complexity index is 262. The average molecular weight is 245 g/mol. The van der Waals surface area contributed by atoms with Crippen LogP contribution < -0.4 is 5.32 Å². The van der Waals surface area contributed by atoms with Gasteiger partial charge in [0.05, 0.1) is 17.7 Å². The van der Waals surface area contributed by atoms with Crippen molar-refractivity contribution in [1.82, 2.24) is 5.32 Å². The lowest BCUT2D eigenvalue weighted by atomic mass is 9.79. The molecule has 0 atom stereocenters. The van der Waals surface area contributed by atoms with Crippen molar-refractivity contribution in [1.29, 1.82) is 0 Å². The molecule has 16 heavy (non-hydrogen) atoms. The molecular weight excluding hydrogens is 226 g/mol. The number of amides is 1. The Balaban J connectivity index is 2.62. The molecule has 5 heteroatoms. The number of aliphatic carboxylic acids is 1. The van der Waals surface area contributed by atoms with E-state index in [1.54, 1.807) is 0 Å². The van der Waals surface area contributed by atoms with E-state index in [0.29, 0.717) is 5.75 Å². The third-order valence-corrected chi connectivity index (χ3v) is 3.53. The molecule has 0 radical (unpaired) electrons. The van der Waals surface area contributed by atoms with Gasteiger partial charge < -0.3 is 10.4 Å². The second-order valence-electron chi connectivity index (χ2n) is 4.39. The van der Waals surface area contributed by atoms with Gasteiger partial charge in [0.15, 0.2) is 0 Å². The summed E-state index contributed by atoms with van der Waals surface area (Å²) in [6.07, 6.45) is 6.65. The third kappa shape index (κ3) is 4.04. The molecule has 0 aromatic rings. The smallest absolute Gasteiger partial charge is 0.305 e. The van der Waals surface area contributed by atoms with Crippen LogP contribution in [-0.4, -0.2) is 34.5 Å². The third-order valence-electron chi connectivity index (χ3n) is 2.98. The number of hydrogen-bond acceptors (Lipinski definition) is 3. The lowest BCUT2D eigenvalue weighted by Gasteiger charge is -2.37. The Hall–Kier alpha value is -0.710. The molecule has 0 bridgehead atoms. The van der Waals surface area contributed by atoms with E-state index in [-0.39, 0.29) is 12.3 Å². The molecule has 0 unspecified atom stereocenters. The standard InChI is InChI=1S/C11H19NO3S/c1-16-8-9(13)12-11(7-10(14)15)5-3-2-4-6-11/h2-8H2,1H3,(H,12,13)(H,14,15). The van der Waals surface area contributed by atoms with E-state index in [4.69, 9.17) is 5.11 Å². The number of nitrogens with one attached hydrogen (secondary N) is 1. The number of hydrogen-bond donors (Lipinski definition) is 2. The predicted octanol–water partition coefficient (Wildman–Crippen LogP) is 1.64. The Labute approximate surface area is 100 Å². The van der Waals surface area contributed by atoms with E-state index in [2.05, 4.69) is 5.32 Å². The molecule has 92 valence electrons. The van der Waals surface area contributed by atoms with Crippen LogP contribution in [0.3, 0.4) is 0 Å². The highest BCUT2D eigenvalue weighted by molar-refractivity contribution is 7.99. The highest BCUT2D eigenvalue weighted by Crippen LogP contribution is 2.31. The molecule has 0 saturated heterocycles. The molecule has 0 heterocycles. The summed E-state index contributed by atoms with van der Waals surface area (Å²) in [6, 6.07) is 0. The van der Waals surface area contributed by atoms with Crippen molar-refractivity contribution in [3.63, 3.8) is 0 Å². The predicted molar refractivity (Wildman–Crippen MR) is 64.6 cm³/mol. The number of rotatable bonds is 5. The lowest BCUT2D eigenvalue weighted by molar-refractivity contribution is -0.139. The Morgan fingerprint density at radius 3 is 2.44 bits per heavy atom. The SMILES string of the molecule is CSCC(=O)NC1(CC(=O)O)CCCCC1. The summed E-state index contributed by atoms with van der Waals surface area (Å²) >= 11 is 1.46. The maximum atomic E-state index is 11.6. The Morgan fingerprint density at radius 1 is 1.31 bits per heavy atom. The van der Waals surface area contributed by atoms with Gasteiger partial charge in [-0.15, -0.1) is 0 Å². The molecule has 1 amide bonds. The summed E-state index contributed by atoms with van der Waals surface area (Å²) < 4.78 is 0. The largest absolute Gasteiger partial charge is 0.481 e. The Morgan fingerprint density at radius 2 is 1.94 bits per heavy atom. The van der Waals surface area contributed by atoms with Crippen LogP contribution in [0.25, 0.3) is 0 Å². The fraction of sp³-hybridized carbons (Fsp3) is 0.818. The van der Waals surface area contributed by atoms with Crippen LogP contribution in [0.2, 0.25) is 0 Å². The molecule has 1 fully saturated rings. The van der Waals surface area contributed by atoms with Gasteiger partial charge in [0.2, 0.25) is 5.91 Å². The van der Waals surface area contributed by atoms with Gasteiger partial charge in [-0.2, -0.15) is 11.8 Å². The van der Waals surface area contributed by atoms with Gasteiger partial charge in [0, 0.05) is 0 Å². The molecule has 1 rings (SSSR count). The van der Waals surface area contributed by atoms with Crippen molar-refractivity contribution in [2.45, 2.75) is 44.1 Å². The van der Waals surface area contributed by atoms with E-state index in [9.17, 15) is 9.59 Å². The first-order chi connectivity index (χ1) is 7.58.